The van der Waals surface area contributed by atoms with Crippen LogP contribution in [0.3, 0.4) is 0 Å². The average Bonchev–Trinajstić information content (AvgIpc) is 2.72. The second-order valence-corrected chi connectivity index (χ2v) is 8.08. The Balaban J connectivity index is 2.35. The number of quaternary nitrogens is 1. The van der Waals surface area contributed by atoms with E-state index in [0.29, 0.717) is 23.6 Å². The van der Waals surface area contributed by atoms with Gasteiger partial charge in [0, 0.05) is 19.2 Å². The van der Waals surface area contributed by atoms with Gasteiger partial charge in [0.25, 0.3) is 0 Å². The molecule has 0 radical (unpaired) electrons. The summed E-state index contributed by atoms with van der Waals surface area (Å²) in [5, 5.41) is 13.0. The minimum Gasteiger partial charge on any atom is -0.396 e. The van der Waals surface area contributed by atoms with E-state index in [9.17, 15) is 5.11 Å². The lowest BCUT2D eigenvalue weighted by atomic mass is 9.94. The minimum absolute atomic E-state index is 0.0384. The van der Waals surface area contributed by atoms with Gasteiger partial charge in [0.15, 0.2) is 0 Å². The zero-order chi connectivity index (χ0) is 19.3. The van der Waals surface area contributed by atoms with Gasteiger partial charge in [0.1, 0.15) is 12.1 Å². The van der Waals surface area contributed by atoms with Gasteiger partial charge in [-0.3, -0.25) is 9.22 Å². The van der Waals surface area contributed by atoms with Crippen molar-refractivity contribution < 1.29 is 19.1 Å². The molecule has 0 spiro atoms. The Labute approximate surface area is 158 Å². The van der Waals surface area contributed by atoms with Crippen molar-refractivity contribution in [2.24, 2.45) is 0 Å². The maximum absolute atomic E-state index is 9.42. The van der Waals surface area contributed by atoms with E-state index in [1.807, 2.05) is 6.92 Å². The molecule has 0 aromatic heterocycles. The van der Waals surface area contributed by atoms with Crippen molar-refractivity contribution in [3.05, 3.63) is 34.9 Å². The molecule has 3 unspecified atom stereocenters. The summed E-state index contributed by atoms with van der Waals surface area (Å²) in [4.78, 5) is 0. The molecule has 26 heavy (non-hydrogen) atoms. The molecule has 0 aromatic carbocycles. The van der Waals surface area contributed by atoms with Crippen LogP contribution in [-0.2, 0) is 9.47 Å². The molecule has 2 N–H and O–H groups in total. The van der Waals surface area contributed by atoms with E-state index in [1.165, 1.54) is 16.7 Å². The zero-order valence-electron chi connectivity index (χ0n) is 17.3. The summed E-state index contributed by atoms with van der Waals surface area (Å²) < 4.78 is 12.7. The highest BCUT2D eigenvalue weighted by atomic mass is 16.7. The molecule has 0 bridgehead atoms. The number of hydrogen-bond acceptors (Lipinski definition) is 4. The van der Waals surface area contributed by atoms with Gasteiger partial charge in [-0.2, -0.15) is 0 Å². The molecule has 1 fully saturated rings. The number of likely N-dealkylation sites (N-methyl/N-ethyl adjacent to an activating group) is 1. The number of aliphatic hydroxyl groups excluding tert-OH is 1. The van der Waals surface area contributed by atoms with Crippen molar-refractivity contribution in [2.75, 3.05) is 33.9 Å². The van der Waals surface area contributed by atoms with Gasteiger partial charge in [-0.15, -0.1) is 0 Å². The second kappa shape index (κ2) is 9.29. The summed E-state index contributed by atoms with van der Waals surface area (Å²) in [6, 6.07) is 0.641. The van der Waals surface area contributed by atoms with E-state index >= 15 is 0 Å². The van der Waals surface area contributed by atoms with Crippen molar-refractivity contribution >= 4 is 0 Å². The lowest BCUT2D eigenvalue weighted by Gasteiger charge is -2.33. The Hall–Kier alpha value is -0.980. The number of nitrogens with zero attached hydrogens (tertiary/aromatic N) is 1. The minimum atomic E-state index is -0.241. The van der Waals surface area contributed by atoms with Crippen LogP contribution < -0.4 is 5.32 Å². The van der Waals surface area contributed by atoms with Crippen LogP contribution >= 0.6 is 0 Å². The van der Waals surface area contributed by atoms with Gasteiger partial charge in [0.2, 0.25) is 0 Å². The number of fused-ring (bicyclic) bond motifs is 1. The lowest BCUT2D eigenvalue weighted by molar-refractivity contribution is -0.953. The molecule has 2 rings (SSSR count). The van der Waals surface area contributed by atoms with Crippen LogP contribution in [0.5, 0.6) is 0 Å². The summed E-state index contributed by atoms with van der Waals surface area (Å²) in [7, 11) is 4.35. The van der Waals surface area contributed by atoms with E-state index in [2.05, 4.69) is 58.4 Å². The lowest BCUT2D eigenvalue weighted by Crippen LogP contribution is -2.52. The highest BCUT2D eigenvalue weighted by Crippen LogP contribution is 2.35. The Morgan fingerprint density at radius 3 is 2.77 bits per heavy atom. The van der Waals surface area contributed by atoms with Gasteiger partial charge in [-0.05, 0) is 43.9 Å². The molecule has 1 aliphatic carbocycles. The predicted octanol–water partition coefficient (Wildman–Crippen LogP) is 2.73. The normalized spacial score (nSPS) is 28.6. The highest BCUT2D eigenvalue weighted by Gasteiger charge is 2.50. The van der Waals surface area contributed by atoms with Crippen molar-refractivity contribution in [1.82, 2.24) is 5.32 Å². The van der Waals surface area contributed by atoms with Gasteiger partial charge in [-0.25, -0.2) is 0 Å². The standard InChI is InChI=1S/C21H37N2O3/c1-7-25-21-23(5,6)19-13-17(9-8-10-20(19)26-21)18(14-22-15(2)3)16(4)11-12-24/h8,10,13,15,19-22,24H,7,9,11-12,14H2,1-6H3/q+1. The number of allylic oxidation sites excluding steroid dienone is 1. The molecule has 5 nitrogen and oxygen atoms in total. The maximum Gasteiger partial charge on any atom is 0.309 e. The Bertz CT molecular complexity index is 564. The molecule has 5 heteroatoms. The summed E-state index contributed by atoms with van der Waals surface area (Å²) in [5.41, 5.74) is 3.90. The Morgan fingerprint density at radius 1 is 1.42 bits per heavy atom. The van der Waals surface area contributed by atoms with E-state index in [4.69, 9.17) is 9.47 Å². The van der Waals surface area contributed by atoms with Crippen LogP contribution in [0.1, 0.15) is 40.5 Å². The number of aliphatic hydroxyl groups is 1. The van der Waals surface area contributed by atoms with E-state index in [-0.39, 0.29) is 25.2 Å². The monoisotopic (exact) mass is 365 g/mol. The van der Waals surface area contributed by atoms with Crippen LogP contribution in [0.4, 0.5) is 0 Å². The van der Waals surface area contributed by atoms with Gasteiger partial charge in [0.05, 0.1) is 20.7 Å². The first-order valence-corrected chi connectivity index (χ1v) is 9.82. The fourth-order valence-corrected chi connectivity index (χ4v) is 3.70. The Kier molecular flexibility index (Phi) is 7.62. The zero-order valence-corrected chi connectivity index (χ0v) is 17.3. The molecule has 1 heterocycles. The quantitative estimate of drug-likeness (QED) is 0.513. The molecular formula is C21H37N2O3+. The maximum atomic E-state index is 9.42. The third-order valence-electron chi connectivity index (χ3n) is 5.34. The SMILES string of the molecule is CCOC1OC2C=CCC(C(CNC(C)C)=C(C)CCO)=CC2[N+]1(C)C. The number of ether oxygens (including phenoxy) is 2. The summed E-state index contributed by atoms with van der Waals surface area (Å²) in [5.74, 6) is 0. The van der Waals surface area contributed by atoms with Crippen molar-refractivity contribution in [3.8, 4) is 0 Å². The summed E-state index contributed by atoms with van der Waals surface area (Å²) in [6.07, 6.45) is 8.18. The van der Waals surface area contributed by atoms with Gasteiger partial charge >= 0.3 is 6.41 Å². The van der Waals surface area contributed by atoms with Crippen molar-refractivity contribution in [1.29, 1.82) is 0 Å². The fraction of sp³-hybridized carbons (Fsp3) is 0.714. The molecule has 0 aromatic rings. The van der Waals surface area contributed by atoms with Crippen LogP contribution in [-0.4, -0.2) is 68.0 Å². The fourth-order valence-electron chi connectivity index (χ4n) is 3.70. The number of nitrogens with one attached hydrogen (secondary N) is 1. The summed E-state index contributed by atoms with van der Waals surface area (Å²) >= 11 is 0. The third-order valence-corrected chi connectivity index (χ3v) is 5.34. The van der Waals surface area contributed by atoms with Crippen LogP contribution in [0.25, 0.3) is 0 Å². The van der Waals surface area contributed by atoms with Crippen molar-refractivity contribution in [2.45, 2.75) is 65.1 Å². The van der Waals surface area contributed by atoms with E-state index in [0.717, 1.165) is 13.0 Å². The molecule has 1 aliphatic heterocycles. The topological polar surface area (TPSA) is 50.7 Å². The van der Waals surface area contributed by atoms with Gasteiger partial charge in [-0.1, -0.05) is 31.6 Å². The first kappa shape index (κ1) is 21.3. The van der Waals surface area contributed by atoms with E-state index in [1.54, 1.807) is 0 Å². The van der Waals surface area contributed by atoms with Crippen LogP contribution in [0.2, 0.25) is 0 Å². The molecule has 1 saturated heterocycles. The number of hydrogen-bond donors (Lipinski definition) is 2. The third kappa shape index (κ3) is 4.84. The molecule has 0 amide bonds. The Morgan fingerprint density at radius 2 is 2.15 bits per heavy atom. The summed E-state index contributed by atoms with van der Waals surface area (Å²) in [6.45, 7) is 10.1. The molecule has 148 valence electrons. The smallest absolute Gasteiger partial charge is 0.309 e. The van der Waals surface area contributed by atoms with Crippen LogP contribution in [0.15, 0.2) is 34.9 Å². The molecule has 3 atom stereocenters. The predicted molar refractivity (Wildman–Crippen MR) is 106 cm³/mol. The van der Waals surface area contributed by atoms with Crippen LogP contribution in [0, 0.1) is 0 Å². The molecule has 2 aliphatic rings. The largest absolute Gasteiger partial charge is 0.396 e. The molecule has 0 saturated carbocycles. The average molecular weight is 366 g/mol. The number of rotatable bonds is 8. The first-order chi connectivity index (χ1) is 12.3. The van der Waals surface area contributed by atoms with Crippen molar-refractivity contribution in [3.63, 3.8) is 0 Å². The first-order valence-electron chi connectivity index (χ1n) is 9.82. The van der Waals surface area contributed by atoms with E-state index < -0.39 is 0 Å². The highest BCUT2D eigenvalue weighted by molar-refractivity contribution is 5.40. The molecular weight excluding hydrogens is 328 g/mol. The van der Waals surface area contributed by atoms with Gasteiger partial charge < -0.3 is 15.2 Å². The second-order valence-electron chi connectivity index (χ2n) is 8.08.